The Morgan fingerprint density at radius 1 is 0.959 bits per heavy atom. The van der Waals surface area contributed by atoms with Gasteiger partial charge in [-0.1, -0.05) is 34.8 Å². The second-order valence-electron chi connectivity index (χ2n) is 10.2. The van der Waals surface area contributed by atoms with Crippen LogP contribution in [-0.4, -0.2) is 50.2 Å². The number of halogens is 8. The molecule has 0 bridgehead atoms. The molecule has 13 nitrogen and oxygen atoms in total. The van der Waals surface area contributed by atoms with Crippen LogP contribution >= 0.6 is 34.8 Å². The number of hydrogen-bond donors (Lipinski definition) is 1. The second kappa shape index (κ2) is 14.7. The first-order chi connectivity index (χ1) is 22.4. The SMILES string of the molecule is CC(C)OC(=O)c1cc(-n2c(=O)cc(C(F)(F)F)n(C)c2=O)ccc1Cl.Cc1nn(-c2cc(NS(C)(=O)=O)c(Cl)cc2Cl)c(=O)n1C(F)F. The van der Waals surface area contributed by atoms with Crippen molar-refractivity contribution in [1.29, 1.82) is 0 Å². The molecule has 2 aromatic carbocycles. The molecule has 0 radical (unpaired) electrons. The molecule has 0 saturated carbocycles. The number of alkyl halides is 5. The zero-order valence-electron chi connectivity index (χ0n) is 25.6. The van der Waals surface area contributed by atoms with Crippen molar-refractivity contribution in [2.75, 3.05) is 11.0 Å². The molecule has 0 aliphatic heterocycles. The number of ether oxygens (including phenoxy) is 1. The molecule has 1 N–H and O–H groups in total. The van der Waals surface area contributed by atoms with E-state index in [1.807, 2.05) is 0 Å². The quantitative estimate of drug-likeness (QED) is 0.199. The number of aromatic nitrogens is 5. The molecule has 4 aromatic rings. The summed E-state index contributed by atoms with van der Waals surface area (Å²) in [7, 11) is -2.75. The van der Waals surface area contributed by atoms with E-state index in [9.17, 15) is 49.5 Å². The minimum atomic E-state index is -4.86. The summed E-state index contributed by atoms with van der Waals surface area (Å²) in [4.78, 5) is 48.5. The van der Waals surface area contributed by atoms with Crippen molar-refractivity contribution in [2.24, 2.45) is 7.05 Å². The first-order valence-electron chi connectivity index (χ1n) is 13.3. The van der Waals surface area contributed by atoms with Crippen LogP contribution < -0.4 is 21.7 Å². The Labute approximate surface area is 288 Å². The number of rotatable bonds is 7. The average Bonchev–Trinajstić information content (AvgIpc) is 3.25. The van der Waals surface area contributed by atoms with Gasteiger partial charge in [-0.3, -0.25) is 14.1 Å². The smallest absolute Gasteiger partial charge is 0.431 e. The highest BCUT2D eigenvalue weighted by Gasteiger charge is 2.35. The highest BCUT2D eigenvalue weighted by atomic mass is 35.5. The van der Waals surface area contributed by atoms with E-state index in [4.69, 9.17) is 39.5 Å². The third-order valence-corrected chi connectivity index (χ3v) is 7.65. The minimum Gasteiger partial charge on any atom is -0.459 e. The zero-order valence-corrected chi connectivity index (χ0v) is 28.7. The van der Waals surface area contributed by atoms with E-state index in [1.165, 1.54) is 25.1 Å². The fourth-order valence-electron chi connectivity index (χ4n) is 4.06. The van der Waals surface area contributed by atoms with Gasteiger partial charge in [0.15, 0.2) is 0 Å². The lowest BCUT2D eigenvalue weighted by Crippen LogP contribution is -2.40. The molecule has 0 unspecified atom stereocenters. The number of anilines is 1. The van der Waals surface area contributed by atoms with Crippen LogP contribution in [0.2, 0.25) is 15.1 Å². The molecule has 266 valence electrons. The molecule has 0 fully saturated rings. The molecule has 0 saturated heterocycles. The Morgan fingerprint density at radius 2 is 1.57 bits per heavy atom. The molecule has 49 heavy (non-hydrogen) atoms. The number of nitrogens with one attached hydrogen (secondary N) is 1. The van der Waals surface area contributed by atoms with Gasteiger partial charge in [-0.2, -0.15) is 26.6 Å². The maximum atomic E-state index is 12.9. The number of hydrogen-bond acceptors (Lipinski definition) is 8. The van der Waals surface area contributed by atoms with Crippen LogP contribution in [0.1, 0.15) is 42.3 Å². The zero-order chi connectivity index (χ0) is 37.3. The number of sulfonamides is 1. The lowest BCUT2D eigenvalue weighted by Gasteiger charge is -2.15. The van der Waals surface area contributed by atoms with E-state index in [0.29, 0.717) is 19.9 Å². The third kappa shape index (κ3) is 9.08. The van der Waals surface area contributed by atoms with Gasteiger partial charge in [0, 0.05) is 13.1 Å². The van der Waals surface area contributed by atoms with Crippen molar-refractivity contribution in [3.63, 3.8) is 0 Å². The molecule has 4 rings (SSSR count). The van der Waals surface area contributed by atoms with E-state index in [0.717, 1.165) is 25.4 Å². The Bertz CT molecular complexity index is 2210. The van der Waals surface area contributed by atoms with Gasteiger partial charge < -0.3 is 4.74 Å². The summed E-state index contributed by atoms with van der Waals surface area (Å²) < 4.78 is 95.8. The van der Waals surface area contributed by atoms with Gasteiger partial charge in [-0.05, 0) is 51.1 Å². The van der Waals surface area contributed by atoms with Crippen molar-refractivity contribution in [1.82, 2.24) is 23.5 Å². The largest absolute Gasteiger partial charge is 0.459 e. The minimum absolute atomic E-state index is 0.0104. The van der Waals surface area contributed by atoms with Crippen LogP contribution in [-0.2, 0) is 28.0 Å². The predicted molar refractivity (Wildman–Crippen MR) is 170 cm³/mol. The molecule has 2 aromatic heterocycles. The normalized spacial score (nSPS) is 11.8. The van der Waals surface area contributed by atoms with Gasteiger partial charge in [0.2, 0.25) is 10.0 Å². The monoisotopic (exact) mass is 776 g/mol. The summed E-state index contributed by atoms with van der Waals surface area (Å²) in [5.74, 6) is -1.02. The Morgan fingerprint density at radius 3 is 2.08 bits per heavy atom. The molecule has 2 heterocycles. The van der Waals surface area contributed by atoms with Crippen LogP contribution in [0, 0.1) is 6.92 Å². The second-order valence-corrected chi connectivity index (χ2v) is 13.2. The number of benzene rings is 2. The summed E-state index contributed by atoms with van der Waals surface area (Å²) in [5, 5.41) is 3.64. The van der Waals surface area contributed by atoms with E-state index in [-0.39, 0.29) is 48.1 Å². The van der Waals surface area contributed by atoms with Crippen molar-refractivity contribution in [2.45, 2.75) is 39.6 Å². The Balaban J connectivity index is 0.000000267. The van der Waals surface area contributed by atoms with E-state index < -0.39 is 57.5 Å². The number of carbonyl (C=O) groups excluding carboxylic acids is 1. The first kappa shape index (κ1) is 39.2. The lowest BCUT2D eigenvalue weighted by atomic mass is 10.2. The van der Waals surface area contributed by atoms with Crippen LogP contribution in [0.15, 0.2) is 50.8 Å². The third-order valence-electron chi connectivity index (χ3n) is 6.12. The number of aryl methyl sites for hydroxylation is 1. The van der Waals surface area contributed by atoms with Gasteiger partial charge >= 0.3 is 30.1 Å². The molecule has 0 aliphatic carbocycles. The van der Waals surface area contributed by atoms with Crippen molar-refractivity contribution < 1.29 is 39.9 Å². The summed E-state index contributed by atoms with van der Waals surface area (Å²) in [6.07, 6.45) is -4.40. The van der Waals surface area contributed by atoms with Gasteiger partial charge in [0.1, 0.15) is 11.5 Å². The molecular formula is C27H24Cl3F5N6O7S. The van der Waals surface area contributed by atoms with Gasteiger partial charge in [-0.15, -0.1) is 5.10 Å². The summed E-state index contributed by atoms with van der Waals surface area (Å²) >= 11 is 17.8. The number of carbonyl (C=O) groups is 1. The van der Waals surface area contributed by atoms with Gasteiger partial charge in [0.25, 0.3) is 5.56 Å². The predicted octanol–water partition coefficient (Wildman–Crippen LogP) is 5.19. The standard InChI is InChI=1S/C16H14ClF3N2O4.C11H10Cl2F2N4O3S/c1-8(2)26-14(24)10-6-9(4-5-11(10)17)22-13(23)7-12(16(18,19)20)21(3)15(22)25;1-5-16-19(11(20)18(5)10(14)15)9-4-8(17-23(2,21)22)6(12)3-7(9)13/h4-8H,1-3H3;3-4,10,17H,1-2H3. The fourth-order valence-corrected chi connectivity index (χ4v) is 5.39. The lowest BCUT2D eigenvalue weighted by molar-refractivity contribution is -0.144. The van der Waals surface area contributed by atoms with Crippen molar-refractivity contribution in [3.8, 4) is 11.4 Å². The molecule has 0 aliphatic rings. The van der Waals surface area contributed by atoms with Gasteiger partial charge in [0.05, 0.1) is 50.1 Å². The molecule has 22 heteroatoms. The summed E-state index contributed by atoms with van der Waals surface area (Å²) in [6, 6.07) is 6.22. The molecule has 0 amide bonds. The van der Waals surface area contributed by atoms with Gasteiger partial charge in [-0.25, -0.2) is 31.9 Å². The highest BCUT2D eigenvalue weighted by Crippen LogP contribution is 2.32. The van der Waals surface area contributed by atoms with Crippen LogP contribution in [0.4, 0.5) is 27.6 Å². The first-order valence-corrected chi connectivity index (χ1v) is 16.3. The fraction of sp³-hybridized carbons (Fsp3) is 0.296. The number of esters is 1. The molecular weight excluding hydrogens is 754 g/mol. The number of nitrogens with zero attached hydrogens (tertiary/aromatic N) is 5. The van der Waals surface area contributed by atoms with E-state index in [1.54, 1.807) is 13.8 Å². The topological polar surface area (TPSA) is 156 Å². The maximum absolute atomic E-state index is 12.9. The Hall–Kier alpha value is -4.20. The van der Waals surface area contributed by atoms with Crippen molar-refractivity contribution >= 4 is 56.5 Å². The van der Waals surface area contributed by atoms with Crippen LogP contribution in [0.5, 0.6) is 0 Å². The van der Waals surface area contributed by atoms with E-state index >= 15 is 0 Å². The Kier molecular flexibility index (Phi) is 11.8. The highest BCUT2D eigenvalue weighted by molar-refractivity contribution is 7.92. The molecule has 0 atom stereocenters. The maximum Gasteiger partial charge on any atom is 0.431 e. The van der Waals surface area contributed by atoms with Crippen LogP contribution in [0.3, 0.4) is 0 Å². The van der Waals surface area contributed by atoms with E-state index in [2.05, 4.69) is 9.82 Å². The summed E-state index contributed by atoms with van der Waals surface area (Å²) in [5.41, 5.74) is -5.28. The average molecular weight is 778 g/mol. The van der Waals surface area contributed by atoms with Crippen LogP contribution in [0.25, 0.3) is 11.4 Å². The van der Waals surface area contributed by atoms with Crippen molar-refractivity contribution in [3.05, 3.63) is 99.9 Å². The molecule has 0 spiro atoms. The summed E-state index contributed by atoms with van der Waals surface area (Å²) in [6.45, 7) is 1.39.